The molecule has 5 rings (SSSR count). The number of benzene rings is 2. The maximum atomic E-state index is 13.7. The minimum Gasteiger partial charge on any atom is -0.383 e. The molecule has 8 nitrogen and oxygen atoms in total. The van der Waals surface area contributed by atoms with E-state index in [9.17, 15) is 18.0 Å². The van der Waals surface area contributed by atoms with Crippen LogP contribution in [0.25, 0.3) is 0 Å². The number of halogens is 3. The SMILES string of the molecule is COC1CC(C(=N)N(C)C=N)C1.COCC1(NCc2cc3c(c(C(F)(F)F)c2)CN(c2ccccc2)C3=O)CC1. The van der Waals surface area contributed by atoms with Crippen LogP contribution in [-0.4, -0.2) is 62.5 Å². The summed E-state index contributed by atoms with van der Waals surface area (Å²) in [7, 11) is 5.04. The topological polar surface area (TPSA) is 102 Å². The van der Waals surface area contributed by atoms with E-state index < -0.39 is 17.6 Å². The number of nitrogens with one attached hydrogen (secondary N) is 3. The fourth-order valence-corrected chi connectivity index (χ4v) is 5.07. The molecule has 0 bridgehead atoms. The van der Waals surface area contributed by atoms with E-state index in [1.54, 1.807) is 57.7 Å². The van der Waals surface area contributed by atoms with Crippen LogP contribution in [0, 0.1) is 16.7 Å². The number of amides is 1. The van der Waals surface area contributed by atoms with Gasteiger partial charge in [-0.05, 0) is 61.1 Å². The van der Waals surface area contributed by atoms with Crippen molar-refractivity contribution in [3.05, 3.63) is 64.7 Å². The maximum Gasteiger partial charge on any atom is 0.416 e. The third-order valence-corrected chi connectivity index (χ3v) is 7.80. The van der Waals surface area contributed by atoms with E-state index in [-0.39, 0.29) is 29.8 Å². The van der Waals surface area contributed by atoms with Crippen LogP contribution in [0.5, 0.6) is 0 Å². The first-order valence-corrected chi connectivity index (χ1v) is 13.2. The van der Waals surface area contributed by atoms with E-state index in [0.29, 0.717) is 35.7 Å². The van der Waals surface area contributed by atoms with Crippen molar-refractivity contribution in [2.24, 2.45) is 5.92 Å². The summed E-state index contributed by atoms with van der Waals surface area (Å²) in [6, 6.07) is 11.5. The van der Waals surface area contributed by atoms with Crippen molar-refractivity contribution in [2.75, 3.05) is 32.8 Å². The molecule has 3 aliphatic rings. The van der Waals surface area contributed by atoms with Crippen LogP contribution in [-0.2, 0) is 28.7 Å². The molecule has 1 amide bonds. The van der Waals surface area contributed by atoms with Crippen molar-refractivity contribution in [3.8, 4) is 0 Å². The smallest absolute Gasteiger partial charge is 0.383 e. The summed E-state index contributed by atoms with van der Waals surface area (Å²) in [5, 5.41) is 17.9. The molecule has 2 aromatic carbocycles. The van der Waals surface area contributed by atoms with Gasteiger partial charge in [0.2, 0.25) is 0 Å². The first-order valence-electron chi connectivity index (χ1n) is 13.2. The lowest BCUT2D eigenvalue weighted by Gasteiger charge is -2.36. The second-order valence-electron chi connectivity index (χ2n) is 10.6. The number of nitrogens with zero attached hydrogens (tertiary/aromatic N) is 2. The van der Waals surface area contributed by atoms with Gasteiger partial charge < -0.3 is 24.6 Å². The molecular formula is C29H36F3N5O3. The quantitative estimate of drug-likeness (QED) is 0.295. The monoisotopic (exact) mass is 559 g/mol. The maximum absolute atomic E-state index is 13.7. The van der Waals surface area contributed by atoms with Crippen molar-refractivity contribution in [3.63, 3.8) is 0 Å². The van der Waals surface area contributed by atoms with Gasteiger partial charge in [0.15, 0.2) is 0 Å². The van der Waals surface area contributed by atoms with E-state index in [1.807, 2.05) is 0 Å². The Hall–Kier alpha value is -3.28. The normalized spacial score (nSPS) is 20.6. The summed E-state index contributed by atoms with van der Waals surface area (Å²) in [6.07, 6.45) is 0.687. The van der Waals surface area contributed by atoms with Gasteiger partial charge in [0.25, 0.3) is 5.91 Å². The van der Waals surface area contributed by atoms with Crippen molar-refractivity contribution in [1.29, 1.82) is 10.8 Å². The lowest BCUT2D eigenvalue weighted by atomic mass is 9.81. The van der Waals surface area contributed by atoms with Crippen molar-refractivity contribution in [2.45, 2.75) is 56.6 Å². The molecule has 2 saturated carbocycles. The van der Waals surface area contributed by atoms with Crippen LogP contribution in [0.2, 0.25) is 0 Å². The zero-order valence-corrected chi connectivity index (χ0v) is 23.0. The predicted molar refractivity (Wildman–Crippen MR) is 147 cm³/mol. The number of fused-ring (bicyclic) bond motifs is 1. The van der Waals surface area contributed by atoms with Gasteiger partial charge in [0, 0.05) is 50.5 Å². The highest BCUT2D eigenvalue weighted by molar-refractivity contribution is 6.10. The number of hydrogen-bond donors (Lipinski definition) is 3. The molecule has 0 unspecified atom stereocenters. The minimum atomic E-state index is -4.52. The highest BCUT2D eigenvalue weighted by atomic mass is 19.4. The zero-order chi connectivity index (χ0) is 29.1. The molecule has 0 atom stereocenters. The molecule has 0 radical (unpaired) electrons. The average Bonchev–Trinajstić information content (AvgIpc) is 3.61. The number of amidine groups is 1. The second kappa shape index (κ2) is 12.1. The van der Waals surface area contributed by atoms with Crippen molar-refractivity contribution < 1.29 is 27.4 Å². The van der Waals surface area contributed by atoms with E-state index in [1.165, 1.54) is 16.1 Å². The van der Waals surface area contributed by atoms with E-state index >= 15 is 0 Å². The molecule has 40 heavy (non-hydrogen) atoms. The van der Waals surface area contributed by atoms with Crippen LogP contribution in [0.15, 0.2) is 42.5 Å². The summed E-state index contributed by atoms with van der Waals surface area (Å²) in [5.41, 5.74) is 0.331. The van der Waals surface area contributed by atoms with Crippen molar-refractivity contribution >= 4 is 23.8 Å². The summed E-state index contributed by atoms with van der Waals surface area (Å²) in [6.45, 7) is 0.706. The molecule has 216 valence electrons. The summed E-state index contributed by atoms with van der Waals surface area (Å²) >= 11 is 0. The molecule has 0 spiro atoms. The van der Waals surface area contributed by atoms with Gasteiger partial charge in [0.05, 0.1) is 31.2 Å². The molecule has 2 aromatic rings. The number of methoxy groups -OCH3 is 2. The molecule has 1 heterocycles. The van der Waals surface area contributed by atoms with Gasteiger partial charge in [-0.1, -0.05) is 18.2 Å². The Morgan fingerprint density at radius 3 is 2.42 bits per heavy atom. The average molecular weight is 560 g/mol. The highest BCUT2D eigenvalue weighted by Crippen LogP contribution is 2.40. The lowest BCUT2D eigenvalue weighted by Crippen LogP contribution is -2.41. The molecule has 3 N–H and O–H groups in total. The molecule has 2 fully saturated rings. The zero-order valence-electron chi connectivity index (χ0n) is 23.0. The molecular weight excluding hydrogens is 523 g/mol. The van der Waals surface area contributed by atoms with Gasteiger partial charge in [-0.3, -0.25) is 15.6 Å². The van der Waals surface area contributed by atoms with Gasteiger partial charge in [-0.2, -0.15) is 13.2 Å². The Labute approximate surface area is 232 Å². The first-order chi connectivity index (χ1) is 19.0. The van der Waals surface area contributed by atoms with E-state index in [4.69, 9.17) is 20.3 Å². The van der Waals surface area contributed by atoms with Gasteiger partial charge >= 0.3 is 6.18 Å². The fraction of sp³-hybridized carbons (Fsp3) is 0.483. The Morgan fingerprint density at radius 1 is 1.20 bits per heavy atom. The van der Waals surface area contributed by atoms with Crippen LogP contribution in [0.4, 0.5) is 18.9 Å². The van der Waals surface area contributed by atoms with E-state index in [2.05, 4.69) is 5.32 Å². The third kappa shape index (κ3) is 6.54. The molecule has 2 aliphatic carbocycles. The third-order valence-electron chi connectivity index (χ3n) is 7.80. The number of rotatable bonds is 9. The van der Waals surface area contributed by atoms with Gasteiger partial charge in [-0.25, -0.2) is 0 Å². The fourth-order valence-electron chi connectivity index (χ4n) is 5.07. The first kappa shape index (κ1) is 29.7. The number of alkyl halides is 3. The number of anilines is 1. The largest absolute Gasteiger partial charge is 0.416 e. The van der Waals surface area contributed by atoms with Gasteiger partial charge in [-0.15, -0.1) is 0 Å². The van der Waals surface area contributed by atoms with Crippen molar-refractivity contribution in [1.82, 2.24) is 10.2 Å². The second-order valence-corrected chi connectivity index (χ2v) is 10.6. The van der Waals surface area contributed by atoms with E-state index in [0.717, 1.165) is 31.7 Å². The van der Waals surface area contributed by atoms with Crippen LogP contribution < -0.4 is 10.2 Å². The standard InChI is InChI=1S/C21H21F3N2O2.C8H15N3O/c1-28-13-20(7-8-20)25-11-14-9-16-17(18(10-14)21(22,23)24)12-26(19(16)27)15-5-3-2-4-6-15;1-11(5-9)8(10)6-3-7(4-6)12-2/h2-6,9-10,25H,7-8,11-13H2,1H3;5-7,9-10H,3-4H2,1-2H3. The summed E-state index contributed by atoms with van der Waals surface area (Å²) in [4.78, 5) is 15.8. The minimum absolute atomic E-state index is 0.0446. The van der Waals surface area contributed by atoms with Gasteiger partial charge in [0.1, 0.15) is 5.84 Å². The Bertz CT molecular complexity index is 1230. The Balaban J connectivity index is 0.000000259. The number of para-hydroxylation sites is 1. The molecule has 0 aromatic heterocycles. The number of carbonyl (C=O) groups is 1. The predicted octanol–water partition coefficient (Wildman–Crippen LogP) is 5.06. The number of hydrogen-bond acceptors (Lipinski definition) is 6. The lowest BCUT2D eigenvalue weighted by molar-refractivity contribution is -0.138. The number of carbonyl (C=O) groups excluding carboxylic acids is 1. The van der Waals surface area contributed by atoms with Crippen LogP contribution in [0.1, 0.15) is 52.7 Å². The molecule has 11 heteroatoms. The Kier molecular flexibility index (Phi) is 8.96. The summed E-state index contributed by atoms with van der Waals surface area (Å²) < 4.78 is 51.4. The van der Waals surface area contributed by atoms with Crippen LogP contribution >= 0.6 is 0 Å². The summed E-state index contributed by atoms with van der Waals surface area (Å²) in [5.74, 6) is 0.423. The molecule has 1 aliphatic heterocycles. The molecule has 0 saturated heterocycles. The Morgan fingerprint density at radius 2 is 1.88 bits per heavy atom. The number of ether oxygens (including phenoxy) is 2. The highest BCUT2D eigenvalue weighted by Gasteiger charge is 2.43. The van der Waals surface area contributed by atoms with Crippen LogP contribution in [0.3, 0.4) is 0 Å².